The molecule has 0 spiro atoms. The fraction of sp³-hybridized carbons (Fsp3) is 0.333. The van der Waals surface area contributed by atoms with Crippen LogP contribution in [0.1, 0.15) is 12.1 Å². The van der Waals surface area contributed by atoms with E-state index in [-0.39, 0.29) is 5.69 Å². The van der Waals surface area contributed by atoms with Gasteiger partial charge in [0, 0.05) is 6.42 Å². The van der Waals surface area contributed by atoms with Gasteiger partial charge in [0.2, 0.25) is 0 Å². The van der Waals surface area contributed by atoms with Gasteiger partial charge in [-0.25, -0.2) is 13.2 Å². The van der Waals surface area contributed by atoms with E-state index in [2.05, 4.69) is 4.98 Å². The van der Waals surface area contributed by atoms with E-state index in [0.29, 0.717) is 0 Å². The molecule has 1 saturated carbocycles. The second kappa shape index (κ2) is 2.71. The summed E-state index contributed by atoms with van der Waals surface area (Å²) in [5.41, 5.74) is -2.57. The fourth-order valence-corrected chi connectivity index (χ4v) is 1.54. The monoisotopic (exact) mass is 217 g/mol. The summed E-state index contributed by atoms with van der Waals surface area (Å²) in [4.78, 5) is 14.2. The summed E-state index contributed by atoms with van der Waals surface area (Å²) in [6.07, 6.45) is -0.0532. The molecule has 2 rings (SSSR count). The lowest BCUT2D eigenvalue weighted by molar-refractivity contribution is -0.143. The van der Waals surface area contributed by atoms with Gasteiger partial charge in [0.25, 0.3) is 5.92 Å². The van der Waals surface area contributed by atoms with Crippen molar-refractivity contribution in [1.29, 1.82) is 0 Å². The number of carboxylic acid groups (broad SMARTS) is 1. The van der Waals surface area contributed by atoms with Crippen molar-refractivity contribution in [2.45, 2.75) is 17.8 Å². The second-order valence-electron chi connectivity index (χ2n) is 3.45. The molecule has 1 atom stereocenters. The number of aliphatic carboxylic acids is 1. The number of carboxylic acids is 1. The van der Waals surface area contributed by atoms with Crippen molar-refractivity contribution in [1.82, 2.24) is 4.98 Å². The van der Waals surface area contributed by atoms with Crippen LogP contribution in [0.2, 0.25) is 0 Å². The Morgan fingerprint density at radius 1 is 1.47 bits per heavy atom. The maximum absolute atomic E-state index is 13.0. The zero-order valence-corrected chi connectivity index (χ0v) is 7.38. The van der Waals surface area contributed by atoms with Gasteiger partial charge in [-0.15, -0.1) is 0 Å². The number of hydrogen-bond donors (Lipinski definition) is 1. The zero-order chi connectivity index (χ0) is 11.3. The van der Waals surface area contributed by atoms with Crippen molar-refractivity contribution in [3.05, 3.63) is 29.8 Å². The molecule has 1 unspecified atom stereocenters. The lowest BCUT2D eigenvalue weighted by Crippen LogP contribution is -2.28. The molecule has 80 valence electrons. The molecule has 1 fully saturated rings. The van der Waals surface area contributed by atoms with Crippen molar-refractivity contribution in [2.75, 3.05) is 0 Å². The molecule has 1 aromatic rings. The summed E-state index contributed by atoms with van der Waals surface area (Å²) in [5, 5.41) is 8.75. The predicted molar refractivity (Wildman–Crippen MR) is 43.1 cm³/mol. The average Bonchev–Trinajstić information content (AvgIpc) is 2.72. The molecule has 0 bridgehead atoms. The zero-order valence-electron chi connectivity index (χ0n) is 7.38. The third-order valence-electron chi connectivity index (χ3n) is 2.52. The first-order valence-corrected chi connectivity index (χ1v) is 4.13. The van der Waals surface area contributed by atoms with Gasteiger partial charge in [0.1, 0.15) is 5.82 Å². The molecule has 1 N–H and O–H groups in total. The highest BCUT2D eigenvalue weighted by Crippen LogP contribution is 2.61. The van der Waals surface area contributed by atoms with Crippen LogP contribution in [0.4, 0.5) is 13.2 Å². The Labute approximate surface area is 82.6 Å². The molecule has 6 heteroatoms. The van der Waals surface area contributed by atoms with Crippen LogP contribution in [0.5, 0.6) is 0 Å². The van der Waals surface area contributed by atoms with Crippen LogP contribution in [-0.4, -0.2) is 22.0 Å². The van der Waals surface area contributed by atoms with E-state index in [4.69, 9.17) is 5.11 Å². The third-order valence-corrected chi connectivity index (χ3v) is 2.52. The number of pyridine rings is 1. The van der Waals surface area contributed by atoms with Crippen LogP contribution in [0.25, 0.3) is 0 Å². The summed E-state index contributed by atoms with van der Waals surface area (Å²) in [7, 11) is 0. The number of rotatable bonds is 2. The van der Waals surface area contributed by atoms with E-state index in [1.165, 1.54) is 0 Å². The summed E-state index contributed by atoms with van der Waals surface area (Å²) in [6, 6.07) is 1.89. The van der Waals surface area contributed by atoms with Gasteiger partial charge >= 0.3 is 5.97 Å². The van der Waals surface area contributed by atoms with E-state index in [0.717, 1.165) is 18.3 Å². The molecule has 0 saturated heterocycles. The second-order valence-corrected chi connectivity index (χ2v) is 3.45. The maximum Gasteiger partial charge on any atom is 0.322 e. The van der Waals surface area contributed by atoms with Crippen molar-refractivity contribution >= 4 is 5.97 Å². The van der Waals surface area contributed by atoms with Gasteiger partial charge < -0.3 is 5.11 Å². The molecule has 0 aromatic carbocycles. The van der Waals surface area contributed by atoms with Gasteiger partial charge in [-0.05, 0) is 12.1 Å². The Hall–Kier alpha value is -1.59. The molecule has 0 aliphatic heterocycles. The Bertz CT molecular complexity index is 418. The van der Waals surface area contributed by atoms with E-state index in [9.17, 15) is 18.0 Å². The normalized spacial score (nSPS) is 27.4. The standard InChI is InChI=1S/C9H6F3NO2/c10-5-1-2-6(13-3-5)8(7(14)15)4-9(8,11)12/h1-3H,4H2,(H,14,15). The highest BCUT2D eigenvalue weighted by Gasteiger charge is 2.78. The van der Waals surface area contributed by atoms with Crippen LogP contribution in [0, 0.1) is 5.82 Å². The van der Waals surface area contributed by atoms with Gasteiger partial charge in [-0.2, -0.15) is 0 Å². The topological polar surface area (TPSA) is 50.2 Å². The number of aromatic nitrogens is 1. The minimum atomic E-state index is -3.30. The number of alkyl halides is 2. The van der Waals surface area contributed by atoms with Crippen LogP contribution in [0.3, 0.4) is 0 Å². The SMILES string of the molecule is O=C(O)C1(c2ccc(F)cn2)CC1(F)F. The molecule has 15 heavy (non-hydrogen) atoms. The van der Waals surface area contributed by atoms with Crippen molar-refractivity contribution in [2.24, 2.45) is 0 Å². The van der Waals surface area contributed by atoms with Gasteiger partial charge in [0.15, 0.2) is 5.41 Å². The molecular formula is C9H6F3NO2. The predicted octanol–water partition coefficient (Wildman–Crippen LogP) is 1.58. The molecule has 1 aliphatic carbocycles. The minimum Gasteiger partial charge on any atom is -0.480 e. The quantitative estimate of drug-likeness (QED) is 0.818. The van der Waals surface area contributed by atoms with Crippen LogP contribution < -0.4 is 0 Å². The van der Waals surface area contributed by atoms with E-state index in [1.807, 2.05) is 0 Å². The largest absolute Gasteiger partial charge is 0.480 e. The highest BCUT2D eigenvalue weighted by atomic mass is 19.3. The first-order chi connectivity index (χ1) is 6.90. The summed E-state index contributed by atoms with van der Waals surface area (Å²) < 4.78 is 38.4. The third kappa shape index (κ3) is 1.20. The summed E-state index contributed by atoms with van der Waals surface area (Å²) in [6.45, 7) is 0. The Morgan fingerprint density at radius 3 is 2.40 bits per heavy atom. The van der Waals surface area contributed by atoms with Crippen LogP contribution >= 0.6 is 0 Å². The molecule has 1 heterocycles. The maximum atomic E-state index is 13.0. The van der Waals surface area contributed by atoms with Crippen LogP contribution in [-0.2, 0) is 10.2 Å². The van der Waals surface area contributed by atoms with Gasteiger partial charge in [0.05, 0.1) is 11.9 Å². The lowest BCUT2D eigenvalue weighted by atomic mass is 10.0. The number of carbonyl (C=O) groups is 1. The first-order valence-electron chi connectivity index (χ1n) is 4.13. The number of hydrogen-bond acceptors (Lipinski definition) is 2. The van der Waals surface area contributed by atoms with E-state index in [1.54, 1.807) is 0 Å². The molecular weight excluding hydrogens is 211 g/mol. The molecule has 1 aliphatic rings. The van der Waals surface area contributed by atoms with E-state index >= 15 is 0 Å². The van der Waals surface area contributed by atoms with Gasteiger partial charge in [-0.1, -0.05) is 0 Å². The summed E-state index contributed by atoms with van der Waals surface area (Å²) in [5.74, 6) is -5.63. The number of halogens is 3. The smallest absolute Gasteiger partial charge is 0.322 e. The Morgan fingerprint density at radius 2 is 2.07 bits per heavy atom. The van der Waals surface area contributed by atoms with Crippen molar-refractivity contribution in [3.63, 3.8) is 0 Å². The molecule has 0 radical (unpaired) electrons. The van der Waals surface area contributed by atoms with Crippen molar-refractivity contribution in [3.8, 4) is 0 Å². The van der Waals surface area contributed by atoms with Crippen molar-refractivity contribution < 1.29 is 23.1 Å². The minimum absolute atomic E-state index is 0.304. The number of nitrogens with zero attached hydrogens (tertiary/aromatic N) is 1. The molecule has 1 aromatic heterocycles. The Kier molecular flexibility index (Phi) is 1.80. The fourth-order valence-electron chi connectivity index (χ4n) is 1.54. The van der Waals surface area contributed by atoms with Crippen LogP contribution in [0.15, 0.2) is 18.3 Å². The van der Waals surface area contributed by atoms with Gasteiger partial charge in [-0.3, -0.25) is 9.78 Å². The average molecular weight is 217 g/mol. The Balaban J connectivity index is 2.45. The molecule has 3 nitrogen and oxygen atoms in total. The lowest BCUT2D eigenvalue weighted by Gasteiger charge is -2.09. The highest BCUT2D eigenvalue weighted by molar-refractivity contribution is 5.87. The van der Waals surface area contributed by atoms with E-state index < -0.39 is 29.5 Å². The summed E-state index contributed by atoms with van der Waals surface area (Å²) >= 11 is 0. The molecule has 0 amide bonds. The first kappa shape index (κ1) is 9.95.